The summed E-state index contributed by atoms with van der Waals surface area (Å²) in [5, 5.41) is 0. The molecule has 0 aliphatic carbocycles. The summed E-state index contributed by atoms with van der Waals surface area (Å²) in [6.45, 7) is 24.9. The van der Waals surface area contributed by atoms with E-state index in [1.165, 1.54) is 38.9 Å². The molecule has 116 valence electrons. The summed E-state index contributed by atoms with van der Waals surface area (Å²) in [5.74, 6) is 0. The summed E-state index contributed by atoms with van der Waals surface area (Å²) in [6.07, 6.45) is 3.88. The third kappa shape index (κ3) is 14.2. The summed E-state index contributed by atoms with van der Waals surface area (Å²) < 4.78 is 0. The lowest BCUT2D eigenvalue weighted by molar-refractivity contribution is 0.178. The van der Waals surface area contributed by atoms with Crippen molar-refractivity contribution in [3.8, 4) is 0 Å². The van der Waals surface area contributed by atoms with E-state index in [4.69, 9.17) is 0 Å². The smallest absolute Gasteiger partial charge is 0.00137 e. The summed E-state index contributed by atoms with van der Waals surface area (Å²) in [7, 11) is 0. The Kier molecular flexibility index (Phi) is 7.09. The van der Waals surface area contributed by atoms with Gasteiger partial charge in [-0.15, -0.1) is 0 Å². The van der Waals surface area contributed by atoms with Crippen LogP contribution < -0.4 is 0 Å². The maximum atomic E-state index is 2.68. The Morgan fingerprint density at radius 1 is 0.474 bits per heavy atom. The van der Waals surface area contributed by atoms with Crippen molar-refractivity contribution in [1.82, 2.24) is 4.90 Å². The van der Waals surface area contributed by atoms with Gasteiger partial charge in [0.25, 0.3) is 0 Å². The van der Waals surface area contributed by atoms with E-state index in [9.17, 15) is 0 Å². The van der Waals surface area contributed by atoms with E-state index >= 15 is 0 Å². The first-order valence-corrected chi connectivity index (χ1v) is 8.01. The molecule has 0 bridgehead atoms. The second-order valence-electron chi connectivity index (χ2n) is 9.77. The third-order valence-corrected chi connectivity index (χ3v) is 3.53. The summed E-state index contributed by atoms with van der Waals surface area (Å²) >= 11 is 0. The monoisotopic (exact) mass is 269 g/mol. The summed E-state index contributed by atoms with van der Waals surface area (Å²) in [4.78, 5) is 2.68. The third-order valence-electron chi connectivity index (χ3n) is 3.53. The maximum absolute atomic E-state index is 2.68. The van der Waals surface area contributed by atoms with Gasteiger partial charge in [-0.1, -0.05) is 62.3 Å². The number of hydrogen-bond acceptors (Lipinski definition) is 1. The molecule has 0 amide bonds. The van der Waals surface area contributed by atoms with Crippen LogP contribution in [0, 0.1) is 16.2 Å². The van der Waals surface area contributed by atoms with Gasteiger partial charge in [0, 0.05) is 0 Å². The first-order chi connectivity index (χ1) is 8.29. The second-order valence-corrected chi connectivity index (χ2v) is 9.77. The average molecular weight is 270 g/mol. The van der Waals surface area contributed by atoms with Crippen molar-refractivity contribution in [2.24, 2.45) is 16.2 Å². The molecule has 0 unspecified atom stereocenters. The molecule has 0 atom stereocenters. The molecular weight excluding hydrogens is 230 g/mol. The van der Waals surface area contributed by atoms with Crippen molar-refractivity contribution in [2.45, 2.75) is 81.6 Å². The van der Waals surface area contributed by atoms with Crippen LogP contribution in [0.15, 0.2) is 0 Å². The first-order valence-electron chi connectivity index (χ1n) is 8.01. The Hall–Kier alpha value is -0.0400. The van der Waals surface area contributed by atoms with Crippen LogP contribution in [0.2, 0.25) is 0 Å². The van der Waals surface area contributed by atoms with Gasteiger partial charge in [-0.2, -0.15) is 0 Å². The fraction of sp³-hybridized carbons (Fsp3) is 1.00. The normalized spacial score (nSPS) is 14.2. The van der Waals surface area contributed by atoms with Gasteiger partial charge in [-0.25, -0.2) is 0 Å². The van der Waals surface area contributed by atoms with Crippen LogP contribution in [0.1, 0.15) is 81.6 Å². The SMILES string of the molecule is CC(C)(C)CCN(CCC(C)(C)C)CCC(C)(C)C. The van der Waals surface area contributed by atoms with Crippen molar-refractivity contribution < 1.29 is 0 Å². The quantitative estimate of drug-likeness (QED) is 0.607. The van der Waals surface area contributed by atoms with E-state index in [1.807, 2.05) is 0 Å². The molecule has 0 spiro atoms. The summed E-state index contributed by atoms with van der Waals surface area (Å²) in [6, 6.07) is 0. The average Bonchev–Trinajstić information content (AvgIpc) is 2.11. The van der Waals surface area contributed by atoms with Gasteiger partial charge < -0.3 is 4.90 Å². The zero-order valence-corrected chi connectivity index (χ0v) is 15.2. The van der Waals surface area contributed by atoms with Crippen molar-refractivity contribution in [3.63, 3.8) is 0 Å². The number of hydrogen-bond donors (Lipinski definition) is 0. The maximum Gasteiger partial charge on any atom is -0.00137 e. The van der Waals surface area contributed by atoms with Gasteiger partial charge >= 0.3 is 0 Å². The molecule has 0 radical (unpaired) electrons. The highest BCUT2D eigenvalue weighted by Crippen LogP contribution is 2.24. The molecule has 0 aliphatic rings. The fourth-order valence-corrected chi connectivity index (χ4v) is 1.82. The van der Waals surface area contributed by atoms with Crippen molar-refractivity contribution in [1.29, 1.82) is 0 Å². The van der Waals surface area contributed by atoms with Crippen molar-refractivity contribution in [2.75, 3.05) is 19.6 Å². The lowest BCUT2D eigenvalue weighted by Crippen LogP contribution is -2.33. The zero-order valence-electron chi connectivity index (χ0n) is 15.2. The van der Waals surface area contributed by atoms with Gasteiger partial charge in [-0.05, 0) is 55.1 Å². The van der Waals surface area contributed by atoms with E-state index in [1.54, 1.807) is 0 Å². The van der Waals surface area contributed by atoms with E-state index in [-0.39, 0.29) is 0 Å². The summed E-state index contributed by atoms with van der Waals surface area (Å²) in [5.41, 5.74) is 1.34. The Bertz CT molecular complexity index is 191. The Morgan fingerprint density at radius 3 is 0.842 bits per heavy atom. The van der Waals surface area contributed by atoms with Crippen LogP contribution in [0.3, 0.4) is 0 Å². The Labute approximate surface area is 123 Å². The second kappa shape index (κ2) is 7.11. The predicted octanol–water partition coefficient (Wildman–Crippen LogP) is 5.60. The molecule has 0 fully saturated rings. The van der Waals surface area contributed by atoms with E-state index < -0.39 is 0 Å². The van der Waals surface area contributed by atoms with Crippen LogP contribution in [-0.4, -0.2) is 24.5 Å². The molecule has 0 aromatic rings. The van der Waals surface area contributed by atoms with Crippen LogP contribution in [0.25, 0.3) is 0 Å². The van der Waals surface area contributed by atoms with Gasteiger partial charge in [-0.3, -0.25) is 0 Å². The minimum Gasteiger partial charge on any atom is -0.303 e. The molecule has 0 saturated heterocycles. The van der Waals surface area contributed by atoms with Gasteiger partial charge in [0.1, 0.15) is 0 Å². The standard InChI is InChI=1S/C18H39N/c1-16(2,3)10-13-19(14-11-17(4,5)6)15-12-18(7,8)9/h10-15H2,1-9H3. The van der Waals surface area contributed by atoms with Crippen molar-refractivity contribution >= 4 is 0 Å². The largest absolute Gasteiger partial charge is 0.303 e. The van der Waals surface area contributed by atoms with Crippen molar-refractivity contribution in [3.05, 3.63) is 0 Å². The molecule has 0 aliphatic heterocycles. The highest BCUT2D eigenvalue weighted by molar-refractivity contribution is 4.72. The minimum atomic E-state index is 0.446. The van der Waals surface area contributed by atoms with Gasteiger partial charge in [0.2, 0.25) is 0 Å². The molecule has 1 heteroatoms. The van der Waals surface area contributed by atoms with E-state index in [2.05, 4.69) is 67.2 Å². The van der Waals surface area contributed by atoms with E-state index in [0.29, 0.717) is 16.2 Å². The highest BCUT2D eigenvalue weighted by atomic mass is 15.1. The Morgan fingerprint density at radius 2 is 0.684 bits per heavy atom. The molecule has 0 aromatic carbocycles. The lowest BCUT2D eigenvalue weighted by atomic mass is 9.89. The van der Waals surface area contributed by atoms with Crippen LogP contribution >= 0.6 is 0 Å². The zero-order chi connectivity index (χ0) is 15.3. The molecule has 0 aromatic heterocycles. The molecular formula is C18H39N. The van der Waals surface area contributed by atoms with Gasteiger partial charge in [0.15, 0.2) is 0 Å². The van der Waals surface area contributed by atoms with Crippen LogP contribution in [0.4, 0.5) is 0 Å². The van der Waals surface area contributed by atoms with E-state index in [0.717, 1.165) is 0 Å². The lowest BCUT2D eigenvalue weighted by Gasteiger charge is -2.31. The topological polar surface area (TPSA) is 3.24 Å². The molecule has 19 heavy (non-hydrogen) atoms. The van der Waals surface area contributed by atoms with Gasteiger partial charge in [0.05, 0.1) is 0 Å². The molecule has 0 heterocycles. The number of nitrogens with zero attached hydrogens (tertiary/aromatic N) is 1. The highest BCUT2D eigenvalue weighted by Gasteiger charge is 2.18. The molecule has 0 saturated carbocycles. The first kappa shape index (κ1) is 19.0. The fourth-order valence-electron chi connectivity index (χ4n) is 1.82. The molecule has 0 rings (SSSR count). The molecule has 1 nitrogen and oxygen atoms in total. The number of rotatable bonds is 6. The predicted molar refractivity (Wildman–Crippen MR) is 88.7 cm³/mol. The van der Waals surface area contributed by atoms with Crippen LogP contribution in [-0.2, 0) is 0 Å². The Balaban J connectivity index is 4.30. The molecule has 0 N–H and O–H groups in total. The minimum absolute atomic E-state index is 0.446. The van der Waals surface area contributed by atoms with Crippen LogP contribution in [0.5, 0.6) is 0 Å².